The Balaban J connectivity index is 2.15. The number of ether oxygens (including phenoxy) is 1. The number of nitrogens with zero attached hydrogens (tertiary/aromatic N) is 2. The zero-order valence-electron chi connectivity index (χ0n) is 13.1. The van der Waals surface area contributed by atoms with Crippen molar-refractivity contribution in [2.24, 2.45) is 5.92 Å². The summed E-state index contributed by atoms with van der Waals surface area (Å²) < 4.78 is 21.3. The van der Waals surface area contributed by atoms with Gasteiger partial charge in [-0.15, -0.1) is 0 Å². The Hall–Kier alpha value is -1.59. The van der Waals surface area contributed by atoms with Crippen LogP contribution in [0.25, 0.3) is 0 Å². The minimum absolute atomic E-state index is 0.120. The Kier molecular flexibility index (Phi) is 5.80. The summed E-state index contributed by atoms with van der Waals surface area (Å²) >= 11 is 5.90. The molecule has 0 atom stereocenters. The molecule has 0 amide bonds. The van der Waals surface area contributed by atoms with Crippen LogP contribution in [0.1, 0.15) is 25.1 Å². The fourth-order valence-corrected chi connectivity index (χ4v) is 2.31. The zero-order chi connectivity index (χ0) is 16.1. The summed E-state index contributed by atoms with van der Waals surface area (Å²) in [5, 5.41) is 8.05. The topological polar surface area (TPSA) is 39.1 Å². The first-order valence-corrected chi connectivity index (χ1v) is 7.65. The maximum Gasteiger partial charge on any atom is 0.212 e. The van der Waals surface area contributed by atoms with Gasteiger partial charge in [0.1, 0.15) is 12.4 Å². The van der Waals surface area contributed by atoms with E-state index in [4.69, 9.17) is 16.3 Å². The fraction of sp³-hybridized carbons (Fsp3) is 0.438. The zero-order valence-corrected chi connectivity index (χ0v) is 13.8. The van der Waals surface area contributed by atoms with Gasteiger partial charge in [-0.25, -0.2) is 9.07 Å². The second-order valence-corrected chi connectivity index (χ2v) is 6.04. The molecule has 0 aliphatic heterocycles. The minimum atomic E-state index is -0.324. The Morgan fingerprint density at radius 1 is 1.36 bits per heavy atom. The molecule has 0 bridgehead atoms. The smallest absolute Gasteiger partial charge is 0.212 e. The highest BCUT2D eigenvalue weighted by Gasteiger charge is 2.12. The van der Waals surface area contributed by atoms with Crippen molar-refractivity contribution in [2.75, 3.05) is 7.05 Å². The van der Waals surface area contributed by atoms with Gasteiger partial charge in [-0.3, -0.25) is 0 Å². The molecule has 1 aromatic carbocycles. The number of nitrogens with one attached hydrogen (secondary N) is 1. The lowest BCUT2D eigenvalue weighted by atomic mass is 10.2. The van der Waals surface area contributed by atoms with Crippen LogP contribution in [0.5, 0.6) is 5.88 Å². The van der Waals surface area contributed by atoms with E-state index in [1.165, 1.54) is 12.1 Å². The van der Waals surface area contributed by atoms with E-state index in [2.05, 4.69) is 24.3 Å². The molecule has 0 fully saturated rings. The van der Waals surface area contributed by atoms with Crippen LogP contribution >= 0.6 is 11.6 Å². The maximum absolute atomic E-state index is 13.7. The number of halogens is 2. The van der Waals surface area contributed by atoms with Crippen molar-refractivity contribution in [1.82, 2.24) is 15.1 Å². The van der Waals surface area contributed by atoms with Crippen molar-refractivity contribution in [2.45, 2.75) is 33.5 Å². The Morgan fingerprint density at radius 2 is 2.14 bits per heavy atom. The van der Waals surface area contributed by atoms with Crippen LogP contribution in [0.3, 0.4) is 0 Å². The van der Waals surface area contributed by atoms with Crippen molar-refractivity contribution >= 4 is 11.6 Å². The van der Waals surface area contributed by atoms with Crippen LogP contribution in [0.4, 0.5) is 4.39 Å². The second-order valence-electron chi connectivity index (χ2n) is 5.60. The Bertz CT molecular complexity index is 628. The molecule has 0 spiro atoms. The summed E-state index contributed by atoms with van der Waals surface area (Å²) in [5.41, 5.74) is 1.32. The molecule has 1 N–H and O–H groups in total. The van der Waals surface area contributed by atoms with E-state index in [0.29, 0.717) is 28.9 Å². The number of benzene rings is 1. The van der Waals surface area contributed by atoms with Gasteiger partial charge in [0.25, 0.3) is 0 Å². The van der Waals surface area contributed by atoms with Crippen molar-refractivity contribution in [1.29, 1.82) is 0 Å². The van der Waals surface area contributed by atoms with Crippen LogP contribution in [-0.2, 0) is 19.7 Å². The summed E-state index contributed by atoms with van der Waals surface area (Å²) in [6, 6.07) is 6.32. The average Bonchev–Trinajstić information content (AvgIpc) is 2.81. The highest BCUT2D eigenvalue weighted by Crippen LogP contribution is 2.20. The highest BCUT2D eigenvalue weighted by atomic mass is 35.5. The first-order chi connectivity index (χ1) is 10.5. The van der Waals surface area contributed by atoms with Gasteiger partial charge in [-0.2, -0.15) is 5.10 Å². The standard InChI is InChI=1S/C16H21ClFN3O/c1-11(2)9-21-16(7-14(20-21)8-19-3)22-10-12-6-13(17)4-5-15(12)18/h4-7,11,19H,8-10H2,1-3H3. The van der Waals surface area contributed by atoms with Crippen LogP contribution in [0.2, 0.25) is 5.02 Å². The van der Waals surface area contributed by atoms with E-state index in [9.17, 15) is 4.39 Å². The van der Waals surface area contributed by atoms with Gasteiger partial charge in [-0.1, -0.05) is 25.4 Å². The predicted molar refractivity (Wildman–Crippen MR) is 85.6 cm³/mol. The number of aromatic nitrogens is 2. The molecular weight excluding hydrogens is 305 g/mol. The van der Waals surface area contributed by atoms with Crippen molar-refractivity contribution in [3.8, 4) is 5.88 Å². The molecule has 2 aromatic rings. The molecule has 0 radical (unpaired) electrons. The average molecular weight is 326 g/mol. The van der Waals surface area contributed by atoms with Crippen LogP contribution in [-0.4, -0.2) is 16.8 Å². The number of hydrogen-bond acceptors (Lipinski definition) is 3. The summed E-state index contributed by atoms with van der Waals surface area (Å²) in [6.45, 7) is 5.75. The maximum atomic E-state index is 13.7. The van der Waals surface area contributed by atoms with E-state index in [1.54, 1.807) is 6.07 Å². The molecule has 0 aliphatic carbocycles. The van der Waals surface area contributed by atoms with Crippen molar-refractivity contribution in [3.63, 3.8) is 0 Å². The van der Waals surface area contributed by atoms with Crippen LogP contribution in [0, 0.1) is 11.7 Å². The summed E-state index contributed by atoms with van der Waals surface area (Å²) in [5.74, 6) is 0.751. The fourth-order valence-electron chi connectivity index (χ4n) is 2.12. The second kappa shape index (κ2) is 7.61. The number of rotatable bonds is 7. The van der Waals surface area contributed by atoms with E-state index in [1.807, 2.05) is 17.8 Å². The summed E-state index contributed by atoms with van der Waals surface area (Å²) in [7, 11) is 1.86. The van der Waals surface area contributed by atoms with E-state index < -0.39 is 0 Å². The monoisotopic (exact) mass is 325 g/mol. The Labute approximate surface area is 135 Å². The molecule has 120 valence electrons. The van der Waals surface area contributed by atoms with Crippen LogP contribution in [0.15, 0.2) is 24.3 Å². The molecule has 1 aromatic heterocycles. The summed E-state index contributed by atoms with van der Waals surface area (Å²) in [6.07, 6.45) is 0. The lowest BCUT2D eigenvalue weighted by Gasteiger charge is -2.11. The lowest BCUT2D eigenvalue weighted by molar-refractivity contribution is 0.261. The third-order valence-corrected chi connectivity index (χ3v) is 3.31. The normalized spacial score (nSPS) is 11.2. The van der Waals surface area contributed by atoms with E-state index in [-0.39, 0.29) is 12.4 Å². The molecule has 0 aliphatic rings. The molecule has 22 heavy (non-hydrogen) atoms. The first kappa shape index (κ1) is 16.8. The number of hydrogen-bond donors (Lipinski definition) is 1. The van der Waals surface area contributed by atoms with Gasteiger partial charge in [0, 0.05) is 29.7 Å². The first-order valence-electron chi connectivity index (χ1n) is 7.27. The molecule has 4 nitrogen and oxygen atoms in total. The summed E-state index contributed by atoms with van der Waals surface area (Å²) in [4.78, 5) is 0. The highest BCUT2D eigenvalue weighted by molar-refractivity contribution is 6.30. The Morgan fingerprint density at radius 3 is 2.82 bits per heavy atom. The van der Waals surface area contributed by atoms with E-state index in [0.717, 1.165) is 12.2 Å². The van der Waals surface area contributed by atoms with E-state index >= 15 is 0 Å². The van der Waals surface area contributed by atoms with Gasteiger partial charge in [0.05, 0.1) is 5.69 Å². The van der Waals surface area contributed by atoms with Crippen LogP contribution < -0.4 is 10.1 Å². The molecule has 2 rings (SSSR count). The quantitative estimate of drug-likeness (QED) is 0.845. The SMILES string of the molecule is CNCc1cc(OCc2cc(Cl)ccc2F)n(CC(C)C)n1. The molecule has 1 heterocycles. The van der Waals surface area contributed by atoms with Crippen molar-refractivity contribution < 1.29 is 9.13 Å². The molecule has 0 unspecified atom stereocenters. The largest absolute Gasteiger partial charge is 0.473 e. The molecule has 6 heteroatoms. The third-order valence-electron chi connectivity index (χ3n) is 3.07. The van der Waals surface area contributed by atoms with Gasteiger partial charge in [0.2, 0.25) is 5.88 Å². The predicted octanol–water partition coefficient (Wildman–Crippen LogP) is 3.63. The van der Waals surface area contributed by atoms with Gasteiger partial charge in [0.15, 0.2) is 0 Å². The third kappa shape index (κ3) is 4.45. The van der Waals surface area contributed by atoms with Gasteiger partial charge in [-0.05, 0) is 31.2 Å². The molecule has 0 saturated heterocycles. The van der Waals surface area contributed by atoms with Crippen molar-refractivity contribution in [3.05, 3.63) is 46.4 Å². The minimum Gasteiger partial charge on any atom is -0.473 e. The van der Waals surface area contributed by atoms with Gasteiger partial charge >= 0.3 is 0 Å². The molecular formula is C16H21ClFN3O. The molecule has 0 saturated carbocycles. The lowest BCUT2D eigenvalue weighted by Crippen LogP contribution is -2.11. The van der Waals surface area contributed by atoms with Gasteiger partial charge < -0.3 is 10.1 Å².